The van der Waals surface area contributed by atoms with Crippen LogP contribution >= 0.6 is 11.8 Å². The molecule has 8 heteroatoms. The Morgan fingerprint density at radius 2 is 1.67 bits per heavy atom. The Labute approximate surface area is 158 Å². The Morgan fingerprint density at radius 1 is 1.04 bits per heavy atom. The molecule has 0 bridgehead atoms. The lowest BCUT2D eigenvalue weighted by Gasteiger charge is -2.20. The van der Waals surface area contributed by atoms with Crippen LogP contribution < -0.4 is 10.6 Å². The Hall–Kier alpha value is -2.74. The number of carbonyl (C=O) groups excluding carboxylic acids is 2. The summed E-state index contributed by atoms with van der Waals surface area (Å²) in [4.78, 5) is 25.1. The van der Waals surface area contributed by atoms with Crippen molar-refractivity contribution >= 4 is 35.3 Å². The van der Waals surface area contributed by atoms with Gasteiger partial charge in [0.05, 0.1) is 0 Å². The summed E-state index contributed by atoms with van der Waals surface area (Å²) in [6, 6.07) is 14.5. The van der Waals surface area contributed by atoms with E-state index in [1.807, 2.05) is 0 Å². The number of thioether (sulfide) groups is 1. The van der Waals surface area contributed by atoms with Gasteiger partial charge in [-0.3, -0.25) is 9.59 Å². The second-order valence-electron chi connectivity index (χ2n) is 5.49. The first-order valence-electron chi connectivity index (χ1n) is 7.93. The molecule has 2 rings (SSSR count). The van der Waals surface area contributed by atoms with E-state index in [1.165, 1.54) is 41.3 Å². The molecular weight excluding hydrogens is 377 g/mol. The second-order valence-corrected chi connectivity index (χ2v) is 6.63. The minimum absolute atomic E-state index is 0.0117. The van der Waals surface area contributed by atoms with Gasteiger partial charge in [0.25, 0.3) is 5.91 Å². The fourth-order valence-electron chi connectivity index (χ4n) is 2.23. The average molecular weight is 394 g/mol. The third-order valence-electron chi connectivity index (χ3n) is 3.45. The summed E-state index contributed by atoms with van der Waals surface area (Å²) in [5, 5.41) is 0. The van der Waals surface area contributed by atoms with Crippen LogP contribution in [0.1, 0.15) is 12.0 Å². The molecule has 142 valence electrons. The van der Waals surface area contributed by atoms with Crippen LogP contribution in [0.4, 0.5) is 18.9 Å². The molecule has 0 fully saturated rings. The number of rotatable bonds is 7. The number of anilines is 1. The molecule has 0 aromatic heterocycles. The summed E-state index contributed by atoms with van der Waals surface area (Å²) < 4.78 is 37.0. The van der Waals surface area contributed by atoms with Gasteiger partial charge in [-0.1, -0.05) is 30.3 Å². The number of nitrogens with zero attached hydrogens (tertiary/aromatic N) is 1. The molecule has 0 atom stereocenters. The van der Waals surface area contributed by atoms with Crippen LogP contribution in [0.2, 0.25) is 0 Å². The molecule has 2 N–H and O–H groups in total. The monoisotopic (exact) mass is 394 g/mol. The molecule has 0 aliphatic rings. The zero-order valence-electron chi connectivity index (χ0n) is 14.1. The average Bonchev–Trinajstić information content (AvgIpc) is 2.60. The van der Waals surface area contributed by atoms with E-state index in [9.17, 15) is 22.8 Å². The van der Waals surface area contributed by atoms with Gasteiger partial charge in [0, 0.05) is 29.6 Å². The van der Waals surface area contributed by atoms with Gasteiger partial charge in [-0.15, -0.1) is 0 Å². The molecule has 0 saturated carbocycles. The third kappa shape index (κ3) is 7.18. The van der Waals surface area contributed by atoms with Crippen LogP contribution in [-0.2, 0) is 9.59 Å². The Bertz CT molecular complexity index is 806. The summed E-state index contributed by atoms with van der Waals surface area (Å²) in [6.45, 7) is 0.129. The highest BCUT2D eigenvalue weighted by Gasteiger charge is 2.28. The van der Waals surface area contributed by atoms with Crippen molar-refractivity contribution in [2.45, 2.75) is 16.8 Å². The van der Waals surface area contributed by atoms with Gasteiger partial charge in [0.15, 0.2) is 0 Å². The van der Waals surface area contributed by atoms with E-state index in [0.717, 1.165) is 0 Å². The van der Waals surface area contributed by atoms with Crippen molar-refractivity contribution in [2.75, 3.05) is 11.4 Å². The summed E-state index contributed by atoms with van der Waals surface area (Å²) in [6.07, 6.45) is 2.82. The summed E-state index contributed by atoms with van der Waals surface area (Å²) >= 11 is -0.198. The second kappa shape index (κ2) is 9.27. The van der Waals surface area contributed by atoms with Crippen LogP contribution in [0.25, 0.3) is 6.08 Å². The molecule has 0 saturated heterocycles. The summed E-state index contributed by atoms with van der Waals surface area (Å²) in [5.74, 6) is -0.887. The highest BCUT2D eigenvalue weighted by molar-refractivity contribution is 8.00. The molecule has 4 nitrogen and oxygen atoms in total. The van der Waals surface area contributed by atoms with Crippen molar-refractivity contribution < 1.29 is 22.8 Å². The van der Waals surface area contributed by atoms with E-state index in [2.05, 4.69) is 0 Å². The Kier molecular flexibility index (Phi) is 7.06. The third-order valence-corrected chi connectivity index (χ3v) is 4.19. The number of para-hydroxylation sites is 1. The maximum absolute atomic E-state index is 12.5. The van der Waals surface area contributed by atoms with Crippen molar-refractivity contribution in [3.8, 4) is 0 Å². The van der Waals surface area contributed by atoms with E-state index in [1.54, 1.807) is 30.3 Å². The Morgan fingerprint density at radius 3 is 2.22 bits per heavy atom. The zero-order valence-corrected chi connectivity index (χ0v) is 15.0. The minimum atomic E-state index is -4.34. The molecule has 0 aliphatic carbocycles. The first kappa shape index (κ1) is 20.6. The summed E-state index contributed by atoms with van der Waals surface area (Å²) in [7, 11) is 0. The van der Waals surface area contributed by atoms with E-state index in [0.29, 0.717) is 11.3 Å². The van der Waals surface area contributed by atoms with Gasteiger partial charge >= 0.3 is 5.51 Å². The van der Waals surface area contributed by atoms with Crippen molar-refractivity contribution in [1.82, 2.24) is 0 Å². The van der Waals surface area contributed by atoms with Gasteiger partial charge in [-0.2, -0.15) is 13.2 Å². The standard InChI is InChI=1S/C19H17F3N2O2S/c20-19(21,22)27-16-9-6-14(7-10-16)8-11-18(26)24(13-12-17(23)25)15-4-2-1-3-5-15/h1-11H,12-13H2,(H2,23,25). The van der Waals surface area contributed by atoms with Crippen LogP contribution in [0.15, 0.2) is 65.6 Å². The largest absolute Gasteiger partial charge is 0.446 e. The molecule has 0 spiro atoms. The minimum Gasteiger partial charge on any atom is -0.370 e. The van der Waals surface area contributed by atoms with E-state index >= 15 is 0 Å². The zero-order chi connectivity index (χ0) is 19.9. The maximum Gasteiger partial charge on any atom is 0.446 e. The number of carbonyl (C=O) groups is 2. The lowest BCUT2D eigenvalue weighted by Crippen LogP contribution is -2.32. The fraction of sp³-hybridized carbons (Fsp3) is 0.158. The predicted molar refractivity (Wildman–Crippen MR) is 100.0 cm³/mol. The number of nitrogens with two attached hydrogens (primary N) is 1. The fourth-order valence-corrected chi connectivity index (χ4v) is 2.77. The molecule has 2 aromatic carbocycles. The SMILES string of the molecule is NC(=O)CCN(C(=O)C=Cc1ccc(SC(F)(F)F)cc1)c1ccccc1. The molecule has 2 aromatic rings. The van der Waals surface area contributed by atoms with E-state index in [-0.39, 0.29) is 35.5 Å². The van der Waals surface area contributed by atoms with Crippen LogP contribution in [0, 0.1) is 0 Å². The quantitative estimate of drug-likeness (QED) is 0.565. The maximum atomic E-state index is 12.5. The molecule has 27 heavy (non-hydrogen) atoms. The smallest absolute Gasteiger partial charge is 0.370 e. The molecule has 0 aliphatic heterocycles. The van der Waals surface area contributed by atoms with Crippen molar-refractivity contribution in [1.29, 1.82) is 0 Å². The number of primary amides is 1. The van der Waals surface area contributed by atoms with Gasteiger partial charge in [-0.25, -0.2) is 0 Å². The number of benzene rings is 2. The normalized spacial score (nSPS) is 11.5. The van der Waals surface area contributed by atoms with Gasteiger partial charge in [0.2, 0.25) is 5.91 Å². The molecule has 0 unspecified atom stereocenters. The first-order valence-corrected chi connectivity index (χ1v) is 8.75. The molecular formula is C19H17F3N2O2S. The van der Waals surface area contributed by atoms with Gasteiger partial charge in [-0.05, 0) is 47.7 Å². The van der Waals surface area contributed by atoms with Crippen molar-refractivity contribution in [3.63, 3.8) is 0 Å². The number of hydrogen-bond acceptors (Lipinski definition) is 3. The van der Waals surface area contributed by atoms with Crippen molar-refractivity contribution in [2.24, 2.45) is 5.73 Å². The topological polar surface area (TPSA) is 63.4 Å². The molecule has 2 amide bonds. The highest BCUT2D eigenvalue weighted by atomic mass is 32.2. The first-order chi connectivity index (χ1) is 12.7. The molecule has 0 radical (unpaired) electrons. The lowest BCUT2D eigenvalue weighted by molar-refractivity contribution is -0.118. The number of alkyl halides is 3. The predicted octanol–water partition coefficient (Wildman–Crippen LogP) is 4.22. The van der Waals surface area contributed by atoms with Gasteiger partial charge in [0.1, 0.15) is 0 Å². The molecule has 0 heterocycles. The highest BCUT2D eigenvalue weighted by Crippen LogP contribution is 2.36. The van der Waals surface area contributed by atoms with Crippen molar-refractivity contribution in [3.05, 3.63) is 66.2 Å². The summed E-state index contributed by atoms with van der Waals surface area (Å²) in [5.41, 5.74) is 2.02. The number of hydrogen-bond donors (Lipinski definition) is 1. The van der Waals surface area contributed by atoms with E-state index < -0.39 is 11.4 Å². The van der Waals surface area contributed by atoms with Crippen LogP contribution in [-0.4, -0.2) is 23.9 Å². The number of halogens is 3. The van der Waals surface area contributed by atoms with Gasteiger partial charge < -0.3 is 10.6 Å². The van der Waals surface area contributed by atoms with Crippen LogP contribution in [0.3, 0.4) is 0 Å². The lowest BCUT2D eigenvalue weighted by atomic mass is 10.2. The van der Waals surface area contributed by atoms with Crippen LogP contribution in [0.5, 0.6) is 0 Å². The Balaban J connectivity index is 2.10. The number of amides is 2. The van der Waals surface area contributed by atoms with E-state index in [4.69, 9.17) is 5.73 Å².